The molecule has 0 fully saturated rings. The van der Waals surface area contributed by atoms with Gasteiger partial charge in [0.1, 0.15) is 0 Å². The van der Waals surface area contributed by atoms with Crippen molar-refractivity contribution >= 4 is 155 Å². The molecule has 0 bridgehead atoms. The Bertz CT molecular complexity index is 3690. The molecule has 0 nitrogen and oxygen atoms in total. The summed E-state index contributed by atoms with van der Waals surface area (Å²) in [6.07, 6.45) is 17.7. The van der Waals surface area contributed by atoms with Crippen LogP contribution < -0.4 is 0 Å². The standard InChI is InChI=1S/C66H42Br4/c67-63-39-57(31-23-45-19-27-49-11-3-7-15-53(49)35-45)55(29-21-43-17-25-47-9-1-5-13-51(47)33-43)37-59(63)61-41-66(70)62(42-65(61)69)60-38-56(30-22-44-18-26-48-10-2-6-14-52(48)34-44)58(40-64(60)68)32-24-46-20-28-50-12-4-8-16-54(50)36-46/h1-42H. The predicted molar refractivity (Wildman–Crippen MR) is 320 cm³/mol. The van der Waals surface area contributed by atoms with E-state index in [1.54, 1.807) is 0 Å². The Balaban J connectivity index is 0.975. The third-order valence-electron chi connectivity index (χ3n) is 12.9. The molecule has 0 saturated heterocycles. The lowest BCUT2D eigenvalue weighted by atomic mass is 9.94. The average Bonchev–Trinajstić information content (AvgIpc) is 3.39. The van der Waals surface area contributed by atoms with E-state index >= 15 is 0 Å². The van der Waals surface area contributed by atoms with Crippen LogP contribution >= 0.6 is 63.7 Å². The van der Waals surface area contributed by atoms with E-state index < -0.39 is 0 Å². The second-order valence-corrected chi connectivity index (χ2v) is 20.9. The highest BCUT2D eigenvalue weighted by Crippen LogP contribution is 2.44. The van der Waals surface area contributed by atoms with Crippen LogP contribution in [0.3, 0.4) is 0 Å². The highest BCUT2D eigenvalue weighted by molar-refractivity contribution is 9.11. The molecule has 0 aliphatic carbocycles. The van der Waals surface area contributed by atoms with Gasteiger partial charge in [-0.3, -0.25) is 0 Å². The molecule has 0 radical (unpaired) electrons. The van der Waals surface area contributed by atoms with Crippen LogP contribution in [-0.4, -0.2) is 0 Å². The van der Waals surface area contributed by atoms with Crippen molar-refractivity contribution in [1.82, 2.24) is 0 Å². The monoisotopic (exact) mass is 1150 g/mol. The van der Waals surface area contributed by atoms with Gasteiger partial charge in [0.25, 0.3) is 0 Å². The molecule has 11 aromatic carbocycles. The first kappa shape index (κ1) is 45.8. The summed E-state index contributed by atoms with van der Waals surface area (Å²) in [5.41, 5.74) is 13.3. The van der Waals surface area contributed by atoms with Gasteiger partial charge in [0.2, 0.25) is 0 Å². The molecule has 0 spiro atoms. The Labute approximate surface area is 442 Å². The Morgan fingerprint density at radius 3 is 0.714 bits per heavy atom. The zero-order valence-corrected chi connectivity index (χ0v) is 44.1. The summed E-state index contributed by atoms with van der Waals surface area (Å²) in [5, 5.41) is 9.82. The van der Waals surface area contributed by atoms with Crippen LogP contribution in [0.2, 0.25) is 0 Å². The van der Waals surface area contributed by atoms with Gasteiger partial charge in [-0.2, -0.15) is 0 Å². The third-order valence-corrected chi connectivity index (χ3v) is 15.5. The van der Waals surface area contributed by atoms with E-state index in [2.05, 4.69) is 319 Å². The summed E-state index contributed by atoms with van der Waals surface area (Å²) in [5.74, 6) is 0. The fourth-order valence-corrected chi connectivity index (χ4v) is 11.4. The molecule has 0 aliphatic rings. The minimum atomic E-state index is 0.982. The molecule has 0 unspecified atom stereocenters. The van der Waals surface area contributed by atoms with E-state index in [0.29, 0.717) is 0 Å². The van der Waals surface area contributed by atoms with Gasteiger partial charge in [-0.15, -0.1) is 0 Å². The van der Waals surface area contributed by atoms with E-state index in [-0.39, 0.29) is 0 Å². The Morgan fingerprint density at radius 2 is 0.429 bits per heavy atom. The van der Waals surface area contributed by atoms with Gasteiger partial charge in [-0.25, -0.2) is 0 Å². The molecular weight excluding hydrogens is 1110 g/mol. The first-order valence-corrected chi connectivity index (χ1v) is 26.3. The number of hydrogen-bond donors (Lipinski definition) is 0. The molecule has 0 heterocycles. The van der Waals surface area contributed by atoms with Gasteiger partial charge >= 0.3 is 0 Å². The van der Waals surface area contributed by atoms with Crippen LogP contribution in [0, 0.1) is 0 Å². The van der Waals surface area contributed by atoms with Gasteiger partial charge in [-0.1, -0.05) is 258 Å². The van der Waals surface area contributed by atoms with E-state index in [4.69, 9.17) is 0 Å². The summed E-state index contributed by atoms with van der Waals surface area (Å²) in [6, 6.07) is 74.0. The van der Waals surface area contributed by atoms with Crippen molar-refractivity contribution in [2.24, 2.45) is 0 Å². The highest BCUT2D eigenvalue weighted by atomic mass is 79.9. The van der Waals surface area contributed by atoms with Gasteiger partial charge in [0.05, 0.1) is 0 Å². The van der Waals surface area contributed by atoms with Crippen LogP contribution in [0.15, 0.2) is 224 Å². The molecule has 11 aromatic rings. The quantitative estimate of drug-likeness (QED) is 0.120. The van der Waals surface area contributed by atoms with Crippen LogP contribution in [0.25, 0.3) is 114 Å². The van der Waals surface area contributed by atoms with Crippen molar-refractivity contribution in [3.8, 4) is 22.3 Å². The Kier molecular flexibility index (Phi) is 13.3. The fraction of sp³-hybridized carbons (Fsp3) is 0. The SMILES string of the molecule is Brc1cc(-c2cc(C=Cc3ccc4ccccc4c3)c(C=Cc3ccc4ccccc4c3)cc2Br)c(Br)cc1-c1cc(C=Cc2ccc3ccccc3c2)c(C=Cc2ccc3ccccc3c2)cc1Br. The molecule has 334 valence electrons. The van der Waals surface area contributed by atoms with Gasteiger partial charge in [-0.05, 0) is 171 Å². The molecule has 70 heavy (non-hydrogen) atoms. The molecular formula is C66H42Br4. The lowest BCUT2D eigenvalue weighted by Crippen LogP contribution is -1.92. The Hall–Kier alpha value is -6.66. The first-order valence-electron chi connectivity index (χ1n) is 23.1. The van der Waals surface area contributed by atoms with Crippen LogP contribution in [0.5, 0.6) is 0 Å². The second kappa shape index (κ2) is 20.4. The lowest BCUT2D eigenvalue weighted by Gasteiger charge is -2.16. The largest absolute Gasteiger partial charge is 0.0616 e. The molecule has 0 amide bonds. The molecule has 0 N–H and O–H groups in total. The van der Waals surface area contributed by atoms with E-state index in [0.717, 1.165) is 84.7 Å². The van der Waals surface area contributed by atoms with Crippen molar-refractivity contribution < 1.29 is 0 Å². The number of halogens is 4. The van der Waals surface area contributed by atoms with Gasteiger partial charge < -0.3 is 0 Å². The van der Waals surface area contributed by atoms with Gasteiger partial charge in [0.15, 0.2) is 0 Å². The fourth-order valence-electron chi connectivity index (χ4n) is 9.15. The smallest absolute Gasteiger partial charge is 0.0261 e. The van der Waals surface area contributed by atoms with Crippen molar-refractivity contribution in [2.75, 3.05) is 0 Å². The predicted octanol–water partition coefficient (Wildman–Crippen LogP) is 21.4. The molecule has 11 rings (SSSR count). The average molecular weight is 1150 g/mol. The minimum absolute atomic E-state index is 0.982. The molecule has 0 aromatic heterocycles. The molecule has 0 aliphatic heterocycles. The summed E-state index contributed by atoms with van der Waals surface area (Å²) >= 11 is 16.2. The Morgan fingerprint density at radius 1 is 0.200 bits per heavy atom. The normalized spacial score (nSPS) is 12.1. The highest BCUT2D eigenvalue weighted by Gasteiger charge is 2.17. The van der Waals surface area contributed by atoms with Crippen LogP contribution in [0.4, 0.5) is 0 Å². The maximum Gasteiger partial charge on any atom is 0.0261 e. The topological polar surface area (TPSA) is 0 Å². The van der Waals surface area contributed by atoms with Gasteiger partial charge in [0, 0.05) is 17.9 Å². The molecule has 0 atom stereocenters. The minimum Gasteiger partial charge on any atom is -0.0616 e. The summed E-state index contributed by atoms with van der Waals surface area (Å²) in [4.78, 5) is 0. The third kappa shape index (κ3) is 10.0. The first-order chi connectivity index (χ1) is 34.3. The number of benzene rings is 11. The van der Waals surface area contributed by atoms with Crippen LogP contribution in [0.1, 0.15) is 44.5 Å². The van der Waals surface area contributed by atoms with E-state index in [9.17, 15) is 0 Å². The van der Waals surface area contributed by atoms with Crippen LogP contribution in [-0.2, 0) is 0 Å². The number of hydrogen-bond acceptors (Lipinski definition) is 0. The van der Waals surface area contributed by atoms with Crippen molar-refractivity contribution in [2.45, 2.75) is 0 Å². The maximum absolute atomic E-state index is 4.06. The zero-order chi connectivity index (χ0) is 47.6. The number of fused-ring (bicyclic) bond motifs is 4. The van der Waals surface area contributed by atoms with E-state index in [1.807, 2.05) is 0 Å². The summed E-state index contributed by atoms with van der Waals surface area (Å²) in [7, 11) is 0. The zero-order valence-electron chi connectivity index (χ0n) is 37.8. The van der Waals surface area contributed by atoms with Crippen molar-refractivity contribution in [1.29, 1.82) is 0 Å². The lowest BCUT2D eigenvalue weighted by molar-refractivity contribution is 1.48. The summed E-state index contributed by atoms with van der Waals surface area (Å²) < 4.78 is 3.96. The second-order valence-electron chi connectivity index (χ2n) is 17.5. The van der Waals surface area contributed by atoms with Crippen molar-refractivity contribution in [3.05, 3.63) is 269 Å². The summed E-state index contributed by atoms with van der Waals surface area (Å²) in [6.45, 7) is 0. The molecule has 0 saturated carbocycles. The van der Waals surface area contributed by atoms with Crippen molar-refractivity contribution in [3.63, 3.8) is 0 Å². The number of rotatable bonds is 10. The molecule has 4 heteroatoms. The van der Waals surface area contributed by atoms with E-state index in [1.165, 1.54) is 43.1 Å². The maximum atomic E-state index is 4.06.